The monoisotopic (exact) mass is 458 g/mol. The second-order valence-corrected chi connectivity index (χ2v) is 11.8. The summed E-state index contributed by atoms with van der Waals surface area (Å²) >= 11 is 6.20. The fourth-order valence-electron chi connectivity index (χ4n) is 5.70. The normalized spacial score (nSPS) is 24.8. The number of halogens is 1. The van der Waals surface area contributed by atoms with Crippen molar-refractivity contribution >= 4 is 34.2 Å². The Bertz CT molecular complexity index is 1080. The Morgan fingerprint density at radius 2 is 1.97 bits per heavy atom. The van der Waals surface area contributed by atoms with Crippen LogP contribution in [0.5, 0.6) is 0 Å². The minimum absolute atomic E-state index is 0.0708. The first kappa shape index (κ1) is 19.9. The number of nitrogens with zero attached hydrogens (tertiary/aromatic N) is 3. The molecule has 2 N–H and O–H groups in total. The van der Waals surface area contributed by atoms with Crippen LogP contribution in [-0.2, 0) is 30.1 Å². The summed E-state index contributed by atoms with van der Waals surface area (Å²) in [6, 6.07) is 6.25. The van der Waals surface area contributed by atoms with Gasteiger partial charge in [0.1, 0.15) is 10.7 Å². The summed E-state index contributed by atoms with van der Waals surface area (Å²) in [5.74, 6) is 2.06. The summed E-state index contributed by atoms with van der Waals surface area (Å²) in [4.78, 5) is 12.7. The molecule has 2 fully saturated rings. The molecule has 1 saturated carbocycles. The van der Waals surface area contributed by atoms with Crippen LogP contribution in [0.3, 0.4) is 0 Å². The van der Waals surface area contributed by atoms with E-state index < -0.39 is 10.8 Å². The lowest BCUT2D eigenvalue weighted by atomic mass is 9.77. The zero-order valence-corrected chi connectivity index (χ0v) is 19.1. The van der Waals surface area contributed by atoms with Crippen LogP contribution in [0.1, 0.15) is 42.5 Å². The number of aliphatic hydroxyl groups excluding tert-OH is 1. The van der Waals surface area contributed by atoms with Gasteiger partial charge in [-0.1, -0.05) is 17.7 Å². The average molecular weight is 459 g/mol. The first-order valence-corrected chi connectivity index (χ1v) is 12.9. The van der Waals surface area contributed by atoms with Gasteiger partial charge in [-0.05, 0) is 68.2 Å². The lowest BCUT2D eigenvalue weighted by Gasteiger charge is -2.48. The molecular formula is C23H27ClN4O2S. The minimum Gasteiger partial charge on any atom is -0.394 e. The van der Waals surface area contributed by atoms with E-state index in [0.717, 1.165) is 79.6 Å². The van der Waals surface area contributed by atoms with Gasteiger partial charge in [-0.2, -0.15) is 4.98 Å². The summed E-state index contributed by atoms with van der Waals surface area (Å²) in [5.41, 5.74) is 3.59. The van der Waals surface area contributed by atoms with E-state index in [2.05, 4.69) is 22.3 Å². The molecule has 0 bridgehead atoms. The van der Waals surface area contributed by atoms with E-state index in [-0.39, 0.29) is 17.6 Å². The summed E-state index contributed by atoms with van der Waals surface area (Å²) < 4.78 is 12.8. The quantitative estimate of drug-likeness (QED) is 0.733. The van der Waals surface area contributed by atoms with E-state index in [1.54, 1.807) is 0 Å². The highest BCUT2D eigenvalue weighted by Crippen LogP contribution is 2.46. The number of aliphatic hydroxyl groups is 1. The van der Waals surface area contributed by atoms with Crippen LogP contribution in [0.4, 0.5) is 11.8 Å². The highest BCUT2D eigenvalue weighted by Gasteiger charge is 2.48. The molecule has 2 aromatic rings. The zero-order valence-electron chi connectivity index (χ0n) is 17.5. The molecule has 1 aromatic carbocycles. The van der Waals surface area contributed by atoms with E-state index in [4.69, 9.17) is 21.6 Å². The third-order valence-electron chi connectivity index (χ3n) is 7.53. The third kappa shape index (κ3) is 3.28. The molecule has 31 heavy (non-hydrogen) atoms. The van der Waals surface area contributed by atoms with Crippen LogP contribution >= 0.6 is 11.6 Å². The number of rotatable bonds is 4. The van der Waals surface area contributed by atoms with Gasteiger partial charge < -0.3 is 15.3 Å². The zero-order chi connectivity index (χ0) is 21.2. The van der Waals surface area contributed by atoms with Crippen molar-refractivity contribution in [2.24, 2.45) is 5.41 Å². The first-order valence-electron chi connectivity index (χ1n) is 11.2. The summed E-state index contributed by atoms with van der Waals surface area (Å²) in [7, 11) is -1.08. The van der Waals surface area contributed by atoms with Gasteiger partial charge in [0.15, 0.2) is 0 Å². The predicted molar refractivity (Wildman–Crippen MR) is 122 cm³/mol. The highest BCUT2D eigenvalue weighted by molar-refractivity contribution is 7.85. The van der Waals surface area contributed by atoms with Crippen LogP contribution in [0.15, 0.2) is 23.1 Å². The summed E-state index contributed by atoms with van der Waals surface area (Å²) in [6.07, 6.45) is 6.77. The molecule has 1 aromatic heterocycles. The van der Waals surface area contributed by atoms with Gasteiger partial charge in [0.25, 0.3) is 0 Å². The van der Waals surface area contributed by atoms with Crippen molar-refractivity contribution in [3.05, 3.63) is 40.0 Å². The molecule has 2 aliphatic heterocycles. The minimum atomic E-state index is -1.08. The van der Waals surface area contributed by atoms with Crippen molar-refractivity contribution < 1.29 is 9.32 Å². The molecule has 1 saturated heterocycles. The Hall–Kier alpha value is -1.70. The van der Waals surface area contributed by atoms with Crippen molar-refractivity contribution in [1.29, 1.82) is 0 Å². The topological polar surface area (TPSA) is 78.4 Å². The van der Waals surface area contributed by atoms with Crippen molar-refractivity contribution in [1.82, 2.24) is 9.97 Å². The number of benzene rings is 1. The first-order chi connectivity index (χ1) is 15.0. The second-order valence-electron chi connectivity index (χ2n) is 9.84. The molecule has 3 heterocycles. The predicted octanol–water partition coefficient (Wildman–Crippen LogP) is 3.12. The standard InChI is InChI=1S/C23H27ClN4O2S/c24-17-5-4-15-10-22(11-16(15)9-17)12-28(13-22)21-25-18-3-1-8-31(30)19(18)20(26-21)27-23(14-29)6-2-7-23/h4-5,9,29H,1-3,6-8,10-14H2,(H,25,26,27)/t31-/m1/s1. The Morgan fingerprint density at radius 3 is 2.71 bits per heavy atom. The SMILES string of the molecule is O=[S@@]1CCCc2nc(N3CC4(Cc5ccc(Cl)cc5C4)C3)nc(NC3(CO)CCC3)c21. The molecule has 4 aliphatic rings. The van der Waals surface area contributed by atoms with Crippen molar-refractivity contribution in [2.45, 2.75) is 55.4 Å². The van der Waals surface area contributed by atoms with Gasteiger partial charge in [0.05, 0.1) is 28.6 Å². The molecule has 1 spiro atoms. The van der Waals surface area contributed by atoms with Crippen LogP contribution in [0.2, 0.25) is 5.02 Å². The van der Waals surface area contributed by atoms with Gasteiger partial charge in [0.2, 0.25) is 5.95 Å². The van der Waals surface area contributed by atoms with Crippen LogP contribution in [0, 0.1) is 5.41 Å². The molecule has 2 aliphatic carbocycles. The molecule has 164 valence electrons. The fourth-order valence-corrected chi connectivity index (χ4v) is 7.23. The Labute approximate surface area is 189 Å². The van der Waals surface area contributed by atoms with Crippen molar-refractivity contribution in [2.75, 3.05) is 35.7 Å². The number of hydrogen-bond acceptors (Lipinski definition) is 6. The maximum atomic E-state index is 12.8. The van der Waals surface area contributed by atoms with Crippen molar-refractivity contribution in [3.8, 4) is 0 Å². The molecule has 1 atom stereocenters. The summed E-state index contributed by atoms with van der Waals surface area (Å²) in [6.45, 7) is 1.92. The molecule has 8 heteroatoms. The van der Waals surface area contributed by atoms with Crippen LogP contribution in [-0.4, -0.2) is 50.3 Å². The van der Waals surface area contributed by atoms with Crippen LogP contribution in [0.25, 0.3) is 0 Å². The van der Waals surface area contributed by atoms with Gasteiger partial charge in [-0.15, -0.1) is 0 Å². The van der Waals surface area contributed by atoms with Crippen molar-refractivity contribution in [3.63, 3.8) is 0 Å². The maximum absolute atomic E-state index is 12.8. The summed E-state index contributed by atoms with van der Waals surface area (Å²) in [5, 5.41) is 14.2. The molecular weight excluding hydrogens is 432 g/mol. The number of fused-ring (bicyclic) bond motifs is 2. The number of aromatic nitrogens is 2. The fraction of sp³-hybridized carbons (Fsp3) is 0.565. The number of hydrogen-bond donors (Lipinski definition) is 2. The van der Waals surface area contributed by atoms with Gasteiger partial charge in [-0.3, -0.25) is 4.21 Å². The smallest absolute Gasteiger partial charge is 0.227 e. The molecule has 0 unspecified atom stereocenters. The maximum Gasteiger partial charge on any atom is 0.227 e. The van der Waals surface area contributed by atoms with E-state index >= 15 is 0 Å². The largest absolute Gasteiger partial charge is 0.394 e. The Kier molecular flexibility index (Phi) is 4.60. The second kappa shape index (κ2) is 7.15. The average Bonchev–Trinajstić information content (AvgIpc) is 3.08. The highest BCUT2D eigenvalue weighted by atomic mass is 35.5. The van der Waals surface area contributed by atoms with Gasteiger partial charge in [-0.25, -0.2) is 4.98 Å². The molecule has 0 amide bonds. The van der Waals surface area contributed by atoms with E-state index in [0.29, 0.717) is 11.6 Å². The lowest BCUT2D eigenvalue weighted by Crippen LogP contribution is -2.58. The van der Waals surface area contributed by atoms with Gasteiger partial charge in [0, 0.05) is 29.3 Å². The molecule has 0 radical (unpaired) electrons. The van der Waals surface area contributed by atoms with Crippen LogP contribution < -0.4 is 10.2 Å². The van der Waals surface area contributed by atoms with E-state index in [1.165, 1.54) is 11.1 Å². The number of aryl methyl sites for hydroxylation is 1. The number of nitrogens with one attached hydrogen (secondary N) is 1. The van der Waals surface area contributed by atoms with E-state index in [1.807, 2.05) is 6.07 Å². The molecule has 6 rings (SSSR count). The third-order valence-corrected chi connectivity index (χ3v) is 9.31. The number of anilines is 2. The Morgan fingerprint density at radius 1 is 1.16 bits per heavy atom. The molecule has 6 nitrogen and oxygen atoms in total. The lowest BCUT2D eigenvalue weighted by molar-refractivity contribution is 0.143. The van der Waals surface area contributed by atoms with Gasteiger partial charge >= 0.3 is 0 Å². The Balaban J connectivity index is 1.28. The van der Waals surface area contributed by atoms with E-state index in [9.17, 15) is 9.32 Å².